The topological polar surface area (TPSA) is 21.6 Å². The Morgan fingerprint density at radius 3 is 3.00 bits per heavy atom. The number of ether oxygens (including phenoxy) is 1. The van der Waals surface area contributed by atoms with Gasteiger partial charge in [-0.1, -0.05) is 19.1 Å². The van der Waals surface area contributed by atoms with E-state index in [4.69, 9.17) is 4.74 Å². The highest BCUT2D eigenvalue weighted by Gasteiger charge is 2.11. The zero-order valence-corrected chi connectivity index (χ0v) is 8.66. The number of hydrogen-bond donors (Lipinski definition) is 0. The molecule has 1 heterocycles. The number of para-hydroxylation sites is 1. The van der Waals surface area contributed by atoms with Crippen molar-refractivity contribution in [3.05, 3.63) is 29.8 Å². The quantitative estimate of drug-likeness (QED) is 0.614. The van der Waals surface area contributed by atoms with Gasteiger partial charge in [-0.3, -0.25) is 4.99 Å². The molecule has 1 aliphatic rings. The van der Waals surface area contributed by atoms with Crippen LogP contribution in [0.4, 0.5) is 0 Å². The molecule has 2 nitrogen and oxygen atoms in total. The molecule has 0 amide bonds. The van der Waals surface area contributed by atoms with Gasteiger partial charge in [0.15, 0.2) is 0 Å². The number of aliphatic imine (C=N–C) groups is 1. The monoisotopic (exact) mass is 189 g/mol. The van der Waals surface area contributed by atoms with Crippen molar-refractivity contribution in [3.8, 4) is 5.75 Å². The first-order chi connectivity index (χ1) is 6.77. The van der Waals surface area contributed by atoms with Crippen LogP contribution >= 0.6 is 0 Å². The average molecular weight is 189 g/mol. The molecule has 1 atom stereocenters. The van der Waals surface area contributed by atoms with Crippen molar-refractivity contribution in [1.29, 1.82) is 0 Å². The lowest BCUT2D eigenvalue weighted by molar-refractivity contribution is 0.262. The summed E-state index contributed by atoms with van der Waals surface area (Å²) in [4.78, 5) is 4.54. The van der Waals surface area contributed by atoms with E-state index in [9.17, 15) is 0 Å². The summed E-state index contributed by atoms with van der Waals surface area (Å²) in [6.07, 6.45) is 0. The van der Waals surface area contributed by atoms with Crippen molar-refractivity contribution in [3.63, 3.8) is 0 Å². The van der Waals surface area contributed by atoms with Crippen LogP contribution in [0.25, 0.3) is 0 Å². The third-order valence-corrected chi connectivity index (χ3v) is 2.44. The van der Waals surface area contributed by atoms with E-state index in [1.807, 2.05) is 25.1 Å². The van der Waals surface area contributed by atoms with Crippen LogP contribution in [0.1, 0.15) is 19.4 Å². The molecule has 0 radical (unpaired) electrons. The minimum absolute atomic E-state index is 0.498. The Hall–Kier alpha value is -1.31. The summed E-state index contributed by atoms with van der Waals surface area (Å²) < 4.78 is 5.73. The lowest BCUT2D eigenvalue weighted by atomic mass is 10.1. The van der Waals surface area contributed by atoms with Gasteiger partial charge in [-0.05, 0) is 19.1 Å². The molecule has 1 aromatic carbocycles. The zero-order chi connectivity index (χ0) is 9.97. The van der Waals surface area contributed by atoms with E-state index in [0.29, 0.717) is 5.92 Å². The molecule has 0 bridgehead atoms. The minimum Gasteiger partial charge on any atom is -0.493 e. The van der Waals surface area contributed by atoms with Gasteiger partial charge in [-0.15, -0.1) is 0 Å². The van der Waals surface area contributed by atoms with E-state index >= 15 is 0 Å². The SMILES string of the molecule is CC1=NCC(C)COc2ccccc21. The third-order valence-electron chi connectivity index (χ3n) is 2.44. The number of benzene rings is 1. The van der Waals surface area contributed by atoms with Crippen molar-refractivity contribution < 1.29 is 4.74 Å². The van der Waals surface area contributed by atoms with E-state index in [2.05, 4.69) is 18.0 Å². The molecule has 0 spiro atoms. The highest BCUT2D eigenvalue weighted by Crippen LogP contribution is 2.21. The fourth-order valence-electron chi connectivity index (χ4n) is 1.55. The summed E-state index contributed by atoms with van der Waals surface area (Å²) in [5.74, 6) is 1.46. The Morgan fingerprint density at radius 2 is 2.14 bits per heavy atom. The second kappa shape index (κ2) is 3.82. The highest BCUT2D eigenvalue weighted by atomic mass is 16.5. The number of hydrogen-bond acceptors (Lipinski definition) is 2. The predicted octanol–water partition coefficient (Wildman–Crippen LogP) is 2.52. The smallest absolute Gasteiger partial charge is 0.128 e. The predicted molar refractivity (Wildman–Crippen MR) is 58.2 cm³/mol. The molecule has 0 saturated carbocycles. The van der Waals surface area contributed by atoms with Crippen LogP contribution in [-0.2, 0) is 0 Å². The number of fused-ring (bicyclic) bond motifs is 1. The van der Waals surface area contributed by atoms with Crippen LogP contribution < -0.4 is 4.74 Å². The molecule has 1 aliphatic heterocycles. The second-order valence-electron chi connectivity index (χ2n) is 3.84. The Balaban J connectivity index is 2.40. The molecule has 1 aromatic rings. The normalized spacial score (nSPS) is 21.3. The van der Waals surface area contributed by atoms with Gasteiger partial charge in [-0.25, -0.2) is 0 Å². The van der Waals surface area contributed by atoms with E-state index in [1.165, 1.54) is 0 Å². The largest absolute Gasteiger partial charge is 0.493 e. The van der Waals surface area contributed by atoms with Crippen LogP contribution in [0, 0.1) is 5.92 Å². The molecule has 14 heavy (non-hydrogen) atoms. The third kappa shape index (κ3) is 1.79. The van der Waals surface area contributed by atoms with Crippen LogP contribution in [-0.4, -0.2) is 18.9 Å². The first kappa shape index (κ1) is 9.25. The molecule has 0 aromatic heterocycles. The van der Waals surface area contributed by atoms with Crippen molar-refractivity contribution in [2.75, 3.05) is 13.2 Å². The van der Waals surface area contributed by atoms with E-state index in [-0.39, 0.29) is 0 Å². The Bertz CT molecular complexity index is 357. The zero-order valence-electron chi connectivity index (χ0n) is 8.66. The molecule has 74 valence electrons. The molecule has 2 rings (SSSR count). The molecule has 1 unspecified atom stereocenters. The summed E-state index contributed by atoms with van der Waals surface area (Å²) in [5.41, 5.74) is 2.20. The van der Waals surface area contributed by atoms with Gasteiger partial charge in [0, 0.05) is 23.7 Å². The Kier molecular flexibility index (Phi) is 2.53. The van der Waals surface area contributed by atoms with Crippen molar-refractivity contribution in [2.24, 2.45) is 10.9 Å². The van der Waals surface area contributed by atoms with Crippen molar-refractivity contribution >= 4 is 5.71 Å². The van der Waals surface area contributed by atoms with E-state index in [1.54, 1.807) is 0 Å². The van der Waals surface area contributed by atoms with E-state index in [0.717, 1.165) is 30.2 Å². The average Bonchev–Trinajstić information content (AvgIpc) is 2.21. The summed E-state index contributed by atoms with van der Waals surface area (Å²) in [6.45, 7) is 5.82. The summed E-state index contributed by atoms with van der Waals surface area (Å²) in [6, 6.07) is 8.08. The molecule has 2 heteroatoms. The summed E-state index contributed by atoms with van der Waals surface area (Å²) in [7, 11) is 0. The Labute approximate surface area is 84.6 Å². The maximum atomic E-state index is 5.73. The van der Waals surface area contributed by atoms with Gasteiger partial charge in [0.2, 0.25) is 0 Å². The summed E-state index contributed by atoms with van der Waals surface area (Å²) >= 11 is 0. The van der Waals surface area contributed by atoms with Gasteiger partial charge in [0.1, 0.15) is 5.75 Å². The highest BCUT2D eigenvalue weighted by molar-refractivity contribution is 6.01. The fourth-order valence-corrected chi connectivity index (χ4v) is 1.55. The first-order valence-electron chi connectivity index (χ1n) is 5.00. The van der Waals surface area contributed by atoms with Crippen LogP contribution in [0.15, 0.2) is 29.3 Å². The van der Waals surface area contributed by atoms with Crippen LogP contribution in [0.3, 0.4) is 0 Å². The molecule has 0 fully saturated rings. The molecular formula is C12H15NO. The fraction of sp³-hybridized carbons (Fsp3) is 0.417. The van der Waals surface area contributed by atoms with Gasteiger partial charge >= 0.3 is 0 Å². The first-order valence-corrected chi connectivity index (χ1v) is 5.00. The molecule has 0 saturated heterocycles. The maximum absolute atomic E-state index is 5.73. The lowest BCUT2D eigenvalue weighted by Crippen LogP contribution is -2.16. The van der Waals surface area contributed by atoms with Crippen LogP contribution in [0.2, 0.25) is 0 Å². The standard InChI is InChI=1S/C12H15NO/c1-9-7-13-10(2)11-5-3-4-6-12(11)14-8-9/h3-6,9H,7-8H2,1-2H3. The van der Waals surface area contributed by atoms with Gasteiger partial charge in [0.05, 0.1) is 6.61 Å². The van der Waals surface area contributed by atoms with Gasteiger partial charge in [-0.2, -0.15) is 0 Å². The summed E-state index contributed by atoms with van der Waals surface area (Å²) in [5, 5.41) is 0. The van der Waals surface area contributed by atoms with Gasteiger partial charge in [0.25, 0.3) is 0 Å². The minimum atomic E-state index is 0.498. The van der Waals surface area contributed by atoms with Crippen molar-refractivity contribution in [2.45, 2.75) is 13.8 Å². The molecular weight excluding hydrogens is 174 g/mol. The molecule has 0 aliphatic carbocycles. The number of nitrogens with zero attached hydrogens (tertiary/aromatic N) is 1. The second-order valence-corrected chi connectivity index (χ2v) is 3.84. The lowest BCUT2D eigenvalue weighted by Gasteiger charge is -2.17. The number of rotatable bonds is 0. The van der Waals surface area contributed by atoms with Crippen molar-refractivity contribution in [1.82, 2.24) is 0 Å². The maximum Gasteiger partial charge on any atom is 0.128 e. The molecule has 0 N–H and O–H groups in total. The Morgan fingerprint density at radius 1 is 1.36 bits per heavy atom. The van der Waals surface area contributed by atoms with E-state index < -0.39 is 0 Å². The van der Waals surface area contributed by atoms with Gasteiger partial charge < -0.3 is 4.74 Å². The van der Waals surface area contributed by atoms with Crippen LogP contribution in [0.5, 0.6) is 5.75 Å².